The Bertz CT molecular complexity index is 534. The number of likely N-dealkylation sites (tertiary alicyclic amines) is 1. The molecule has 0 atom stereocenters. The van der Waals surface area contributed by atoms with Crippen LogP contribution in [0.1, 0.15) is 35.7 Å². The van der Waals surface area contributed by atoms with Crippen molar-refractivity contribution < 1.29 is 14.3 Å². The molecule has 1 amide bonds. The molecule has 0 aromatic heterocycles. The van der Waals surface area contributed by atoms with Crippen LogP contribution in [-0.2, 0) is 11.2 Å². The molecule has 1 aromatic carbocycles. The van der Waals surface area contributed by atoms with Crippen LogP contribution in [0.4, 0.5) is 0 Å². The van der Waals surface area contributed by atoms with Gasteiger partial charge in [-0.2, -0.15) is 0 Å². The molecule has 1 heterocycles. The third kappa shape index (κ3) is 3.82. The van der Waals surface area contributed by atoms with Crippen LogP contribution in [0.3, 0.4) is 0 Å². The standard InChI is InChI=1S/C16H22N2O3/c1-11(19)12-3-4-15(21-2)13(9-12)10-16(20)18-7-5-14(17)6-8-18/h3-4,9,14H,5-8,10,17H2,1-2H3. The van der Waals surface area contributed by atoms with E-state index in [-0.39, 0.29) is 24.2 Å². The van der Waals surface area contributed by atoms with Crippen molar-refractivity contribution in [1.29, 1.82) is 0 Å². The summed E-state index contributed by atoms with van der Waals surface area (Å²) in [6.45, 7) is 2.92. The lowest BCUT2D eigenvalue weighted by atomic mass is 10.0. The SMILES string of the molecule is COc1ccc(C(C)=O)cc1CC(=O)N1CCC(N)CC1. The average Bonchev–Trinajstić information content (AvgIpc) is 2.47. The Morgan fingerprint density at radius 2 is 2.00 bits per heavy atom. The van der Waals surface area contributed by atoms with Crippen molar-refractivity contribution in [3.8, 4) is 5.75 Å². The highest BCUT2D eigenvalue weighted by Crippen LogP contribution is 2.22. The molecule has 21 heavy (non-hydrogen) atoms. The minimum absolute atomic E-state index is 0.0182. The van der Waals surface area contributed by atoms with E-state index in [1.807, 2.05) is 4.90 Å². The van der Waals surface area contributed by atoms with Gasteiger partial charge < -0.3 is 15.4 Å². The van der Waals surface area contributed by atoms with Gasteiger partial charge in [-0.3, -0.25) is 9.59 Å². The number of Topliss-reactive ketones (excluding diaryl/α,β-unsaturated/α-hetero) is 1. The Kier molecular flexibility index (Phi) is 4.96. The molecule has 0 radical (unpaired) electrons. The predicted molar refractivity (Wildman–Crippen MR) is 80.5 cm³/mol. The summed E-state index contributed by atoms with van der Waals surface area (Å²) in [7, 11) is 1.57. The van der Waals surface area contributed by atoms with Gasteiger partial charge in [0, 0.05) is 30.3 Å². The Hall–Kier alpha value is -1.88. The van der Waals surface area contributed by atoms with E-state index >= 15 is 0 Å². The van der Waals surface area contributed by atoms with Crippen LogP contribution in [-0.4, -0.2) is 42.8 Å². The fourth-order valence-corrected chi connectivity index (χ4v) is 2.56. The molecule has 1 fully saturated rings. The molecule has 114 valence electrons. The zero-order chi connectivity index (χ0) is 15.4. The van der Waals surface area contributed by atoms with E-state index in [2.05, 4.69) is 0 Å². The second kappa shape index (κ2) is 6.72. The van der Waals surface area contributed by atoms with Crippen LogP contribution < -0.4 is 10.5 Å². The molecule has 1 aliphatic heterocycles. The van der Waals surface area contributed by atoms with Gasteiger partial charge in [-0.1, -0.05) is 0 Å². The molecule has 0 unspecified atom stereocenters. The van der Waals surface area contributed by atoms with Crippen molar-refractivity contribution in [3.63, 3.8) is 0 Å². The van der Waals surface area contributed by atoms with Gasteiger partial charge in [-0.05, 0) is 38.0 Å². The second-order valence-electron chi connectivity index (χ2n) is 5.48. The van der Waals surface area contributed by atoms with Crippen molar-refractivity contribution in [1.82, 2.24) is 4.90 Å². The minimum atomic E-state index is -0.0182. The summed E-state index contributed by atoms with van der Waals surface area (Å²) in [5, 5.41) is 0. The number of amides is 1. The third-order valence-electron chi connectivity index (χ3n) is 3.92. The molecular weight excluding hydrogens is 268 g/mol. The molecule has 0 spiro atoms. The summed E-state index contributed by atoms with van der Waals surface area (Å²) in [6, 6.07) is 5.40. The van der Waals surface area contributed by atoms with Crippen LogP contribution in [0.15, 0.2) is 18.2 Å². The number of benzene rings is 1. The number of hydrogen-bond donors (Lipinski definition) is 1. The monoisotopic (exact) mass is 290 g/mol. The van der Waals surface area contributed by atoms with Gasteiger partial charge >= 0.3 is 0 Å². The number of rotatable bonds is 4. The maximum atomic E-state index is 12.4. The largest absolute Gasteiger partial charge is 0.496 e. The molecule has 0 saturated carbocycles. The molecule has 1 saturated heterocycles. The van der Waals surface area contributed by atoms with Crippen LogP contribution >= 0.6 is 0 Å². The average molecular weight is 290 g/mol. The van der Waals surface area contributed by atoms with Gasteiger partial charge in [0.15, 0.2) is 5.78 Å². The summed E-state index contributed by atoms with van der Waals surface area (Å²) in [6.07, 6.45) is 1.94. The summed E-state index contributed by atoms with van der Waals surface area (Å²) in [4.78, 5) is 25.7. The number of nitrogens with two attached hydrogens (primary N) is 1. The first-order valence-electron chi connectivity index (χ1n) is 7.22. The zero-order valence-electron chi connectivity index (χ0n) is 12.6. The first-order chi connectivity index (χ1) is 10.0. The second-order valence-corrected chi connectivity index (χ2v) is 5.48. The maximum Gasteiger partial charge on any atom is 0.227 e. The Labute approximate surface area is 125 Å². The smallest absolute Gasteiger partial charge is 0.227 e. The molecule has 2 N–H and O–H groups in total. The van der Waals surface area contributed by atoms with Crippen LogP contribution in [0.25, 0.3) is 0 Å². The lowest BCUT2D eigenvalue weighted by Crippen LogP contribution is -2.43. The zero-order valence-corrected chi connectivity index (χ0v) is 12.6. The number of carbonyl (C=O) groups excluding carboxylic acids is 2. The van der Waals surface area contributed by atoms with Gasteiger partial charge in [-0.25, -0.2) is 0 Å². The van der Waals surface area contributed by atoms with Crippen molar-refractivity contribution in [2.75, 3.05) is 20.2 Å². The summed E-state index contributed by atoms with van der Waals surface area (Å²) >= 11 is 0. The maximum absolute atomic E-state index is 12.4. The Morgan fingerprint density at radius 1 is 1.33 bits per heavy atom. The van der Waals surface area contributed by atoms with Gasteiger partial charge in [0.25, 0.3) is 0 Å². The molecule has 5 nitrogen and oxygen atoms in total. The number of hydrogen-bond acceptors (Lipinski definition) is 4. The lowest BCUT2D eigenvalue weighted by Gasteiger charge is -2.30. The number of ether oxygens (including phenoxy) is 1. The van der Waals surface area contributed by atoms with Crippen LogP contribution in [0.5, 0.6) is 5.75 Å². The van der Waals surface area contributed by atoms with Gasteiger partial charge in [0.2, 0.25) is 5.91 Å². The minimum Gasteiger partial charge on any atom is -0.496 e. The molecule has 5 heteroatoms. The number of nitrogens with zero attached hydrogens (tertiary/aromatic N) is 1. The van der Waals surface area contributed by atoms with E-state index in [0.717, 1.165) is 18.4 Å². The third-order valence-corrected chi connectivity index (χ3v) is 3.92. The molecule has 0 aliphatic carbocycles. The highest BCUT2D eigenvalue weighted by molar-refractivity contribution is 5.94. The topological polar surface area (TPSA) is 72.6 Å². The van der Waals surface area contributed by atoms with Gasteiger partial charge in [0.05, 0.1) is 13.5 Å². The fourth-order valence-electron chi connectivity index (χ4n) is 2.56. The Balaban J connectivity index is 2.12. The van der Waals surface area contributed by atoms with Crippen molar-refractivity contribution >= 4 is 11.7 Å². The van der Waals surface area contributed by atoms with Crippen LogP contribution in [0.2, 0.25) is 0 Å². The molecular formula is C16H22N2O3. The first-order valence-corrected chi connectivity index (χ1v) is 7.22. The number of piperidine rings is 1. The van der Waals surface area contributed by atoms with E-state index in [1.54, 1.807) is 25.3 Å². The quantitative estimate of drug-likeness (QED) is 0.851. The van der Waals surface area contributed by atoms with Gasteiger partial charge in [0.1, 0.15) is 5.75 Å². The number of methoxy groups -OCH3 is 1. The Morgan fingerprint density at radius 3 is 2.57 bits per heavy atom. The fraction of sp³-hybridized carbons (Fsp3) is 0.500. The van der Waals surface area contributed by atoms with Crippen molar-refractivity contribution in [2.24, 2.45) is 5.73 Å². The summed E-state index contributed by atoms with van der Waals surface area (Å²) in [5.74, 6) is 0.679. The van der Waals surface area contributed by atoms with Gasteiger partial charge in [-0.15, -0.1) is 0 Å². The van der Waals surface area contributed by atoms with E-state index in [0.29, 0.717) is 24.4 Å². The van der Waals surface area contributed by atoms with Crippen LogP contribution in [0, 0.1) is 0 Å². The predicted octanol–water partition coefficient (Wildman–Crippen LogP) is 1.39. The van der Waals surface area contributed by atoms with E-state index in [4.69, 9.17) is 10.5 Å². The van der Waals surface area contributed by atoms with E-state index < -0.39 is 0 Å². The van der Waals surface area contributed by atoms with E-state index in [9.17, 15) is 9.59 Å². The van der Waals surface area contributed by atoms with Crippen molar-refractivity contribution in [2.45, 2.75) is 32.2 Å². The number of ketones is 1. The first kappa shape index (κ1) is 15.5. The summed E-state index contributed by atoms with van der Waals surface area (Å²) < 4.78 is 5.28. The molecule has 1 aliphatic rings. The molecule has 0 bridgehead atoms. The molecule has 2 rings (SSSR count). The lowest BCUT2D eigenvalue weighted by molar-refractivity contribution is -0.131. The molecule has 1 aromatic rings. The van der Waals surface area contributed by atoms with Crippen molar-refractivity contribution in [3.05, 3.63) is 29.3 Å². The summed E-state index contributed by atoms with van der Waals surface area (Å²) in [5.41, 5.74) is 7.20. The normalized spacial score (nSPS) is 15.9. The van der Waals surface area contributed by atoms with E-state index in [1.165, 1.54) is 6.92 Å². The highest BCUT2D eigenvalue weighted by Gasteiger charge is 2.21. The highest BCUT2D eigenvalue weighted by atomic mass is 16.5. The number of carbonyl (C=O) groups is 2.